The maximum absolute atomic E-state index is 12.7. The van der Waals surface area contributed by atoms with Gasteiger partial charge >= 0.3 is 0 Å². The van der Waals surface area contributed by atoms with Crippen molar-refractivity contribution >= 4 is 29.9 Å². The molecule has 0 aliphatic carbocycles. The number of piperazine rings is 1. The summed E-state index contributed by atoms with van der Waals surface area (Å²) in [5, 5.41) is 10.9. The Morgan fingerprint density at radius 3 is 2.91 bits per heavy atom. The highest BCUT2D eigenvalue weighted by Crippen LogP contribution is 2.26. The standard InChI is InChI=1S/C15H17ClN4O.ClH/c1-10-7-13(19-18-10)15(21)20-6-5-17-9-14(20)11-3-2-4-12(16)8-11;/h2-4,7-8,14,17H,5-6,9H2,1H3,(H,18,19);1H. The van der Waals surface area contributed by atoms with Gasteiger partial charge in [0.15, 0.2) is 0 Å². The normalized spacial score (nSPS) is 17.9. The fraction of sp³-hybridized carbons (Fsp3) is 0.333. The second-order valence-electron chi connectivity index (χ2n) is 5.21. The molecule has 0 spiro atoms. The van der Waals surface area contributed by atoms with Crippen LogP contribution in [0.2, 0.25) is 5.02 Å². The average Bonchev–Trinajstić information content (AvgIpc) is 2.93. The van der Waals surface area contributed by atoms with Crippen LogP contribution in [0.4, 0.5) is 0 Å². The summed E-state index contributed by atoms with van der Waals surface area (Å²) in [5.41, 5.74) is 2.38. The summed E-state index contributed by atoms with van der Waals surface area (Å²) in [6.07, 6.45) is 0. The molecular weight excluding hydrogens is 323 g/mol. The van der Waals surface area contributed by atoms with Crippen molar-refractivity contribution in [2.45, 2.75) is 13.0 Å². The number of rotatable bonds is 2. The quantitative estimate of drug-likeness (QED) is 0.883. The summed E-state index contributed by atoms with van der Waals surface area (Å²) in [4.78, 5) is 14.5. The third-order valence-electron chi connectivity index (χ3n) is 3.66. The Hall–Kier alpha value is -1.56. The SMILES string of the molecule is Cc1cc(C(=O)N2CCNCC2c2cccc(Cl)c2)n[nH]1.Cl. The first-order valence-electron chi connectivity index (χ1n) is 6.94. The smallest absolute Gasteiger partial charge is 0.274 e. The number of aromatic amines is 1. The van der Waals surface area contributed by atoms with Crippen molar-refractivity contribution in [3.8, 4) is 0 Å². The average molecular weight is 341 g/mol. The van der Waals surface area contributed by atoms with E-state index in [1.54, 1.807) is 6.07 Å². The third-order valence-corrected chi connectivity index (χ3v) is 3.90. The number of aromatic nitrogens is 2. The molecule has 1 amide bonds. The molecule has 22 heavy (non-hydrogen) atoms. The van der Waals surface area contributed by atoms with Crippen LogP contribution in [0.15, 0.2) is 30.3 Å². The number of H-pyrrole nitrogens is 1. The molecule has 1 aliphatic heterocycles. The summed E-state index contributed by atoms with van der Waals surface area (Å²) in [6, 6.07) is 9.41. The molecule has 1 aromatic carbocycles. The zero-order chi connectivity index (χ0) is 14.8. The molecule has 1 aromatic heterocycles. The molecule has 1 atom stereocenters. The van der Waals surface area contributed by atoms with Gasteiger partial charge in [0.05, 0.1) is 6.04 Å². The molecule has 3 rings (SSSR count). The van der Waals surface area contributed by atoms with E-state index in [1.807, 2.05) is 36.1 Å². The van der Waals surface area contributed by atoms with Gasteiger partial charge in [-0.05, 0) is 30.7 Å². The van der Waals surface area contributed by atoms with E-state index < -0.39 is 0 Å². The Bertz CT molecular complexity index is 658. The molecule has 118 valence electrons. The molecule has 5 nitrogen and oxygen atoms in total. The van der Waals surface area contributed by atoms with Crippen LogP contribution in [0.5, 0.6) is 0 Å². The van der Waals surface area contributed by atoms with Crippen LogP contribution in [-0.2, 0) is 0 Å². The Kier molecular flexibility index (Phi) is 5.45. The van der Waals surface area contributed by atoms with Gasteiger partial charge in [-0.15, -0.1) is 12.4 Å². The summed E-state index contributed by atoms with van der Waals surface area (Å²) in [7, 11) is 0. The van der Waals surface area contributed by atoms with Gasteiger partial charge in [0.1, 0.15) is 5.69 Å². The Balaban J connectivity index is 0.00000176. The summed E-state index contributed by atoms with van der Waals surface area (Å²) >= 11 is 6.07. The van der Waals surface area contributed by atoms with Crippen molar-refractivity contribution < 1.29 is 4.79 Å². The van der Waals surface area contributed by atoms with Gasteiger partial charge < -0.3 is 10.2 Å². The van der Waals surface area contributed by atoms with E-state index in [4.69, 9.17) is 11.6 Å². The van der Waals surface area contributed by atoms with Gasteiger partial charge in [0.25, 0.3) is 5.91 Å². The van der Waals surface area contributed by atoms with Crippen molar-refractivity contribution in [3.05, 3.63) is 52.3 Å². The lowest BCUT2D eigenvalue weighted by Gasteiger charge is -2.36. The summed E-state index contributed by atoms with van der Waals surface area (Å²) < 4.78 is 0. The molecule has 7 heteroatoms. The fourth-order valence-electron chi connectivity index (χ4n) is 2.63. The highest BCUT2D eigenvalue weighted by molar-refractivity contribution is 6.30. The first-order chi connectivity index (χ1) is 10.1. The van der Waals surface area contributed by atoms with Crippen LogP contribution in [0.25, 0.3) is 0 Å². The molecular formula is C15H18Cl2N4O. The zero-order valence-electron chi connectivity index (χ0n) is 12.2. The Morgan fingerprint density at radius 1 is 1.41 bits per heavy atom. The number of nitrogens with one attached hydrogen (secondary N) is 2. The van der Waals surface area contributed by atoms with Crippen LogP contribution in [0.3, 0.4) is 0 Å². The van der Waals surface area contributed by atoms with E-state index in [-0.39, 0.29) is 24.4 Å². The molecule has 1 fully saturated rings. The minimum atomic E-state index is -0.0502. The van der Waals surface area contributed by atoms with E-state index in [2.05, 4.69) is 15.5 Å². The highest BCUT2D eigenvalue weighted by Gasteiger charge is 2.29. The molecule has 2 heterocycles. The predicted molar refractivity (Wildman–Crippen MR) is 88.7 cm³/mol. The molecule has 0 bridgehead atoms. The van der Waals surface area contributed by atoms with E-state index in [0.717, 1.165) is 24.3 Å². The molecule has 1 unspecified atom stereocenters. The van der Waals surface area contributed by atoms with Crippen molar-refractivity contribution in [2.24, 2.45) is 0 Å². The highest BCUT2D eigenvalue weighted by atomic mass is 35.5. The fourth-order valence-corrected chi connectivity index (χ4v) is 2.83. The first-order valence-corrected chi connectivity index (χ1v) is 7.32. The second-order valence-corrected chi connectivity index (χ2v) is 5.65. The number of carbonyl (C=O) groups is 1. The molecule has 2 N–H and O–H groups in total. The van der Waals surface area contributed by atoms with Crippen LogP contribution in [0, 0.1) is 6.92 Å². The van der Waals surface area contributed by atoms with Gasteiger partial charge in [-0.2, -0.15) is 5.10 Å². The van der Waals surface area contributed by atoms with Crippen LogP contribution < -0.4 is 5.32 Å². The number of nitrogens with zero attached hydrogens (tertiary/aromatic N) is 2. The lowest BCUT2D eigenvalue weighted by molar-refractivity contribution is 0.0628. The minimum absolute atomic E-state index is 0. The van der Waals surface area contributed by atoms with Gasteiger partial charge in [-0.3, -0.25) is 9.89 Å². The second kappa shape index (κ2) is 7.13. The third kappa shape index (κ3) is 3.43. The van der Waals surface area contributed by atoms with Crippen molar-refractivity contribution in [2.75, 3.05) is 19.6 Å². The zero-order valence-corrected chi connectivity index (χ0v) is 13.7. The number of hydrogen-bond donors (Lipinski definition) is 2. The molecule has 0 saturated carbocycles. The van der Waals surface area contributed by atoms with E-state index in [0.29, 0.717) is 17.3 Å². The number of benzene rings is 1. The van der Waals surface area contributed by atoms with Gasteiger partial charge in [-0.25, -0.2) is 0 Å². The number of carbonyl (C=O) groups excluding carboxylic acids is 1. The first kappa shape index (κ1) is 16.8. The van der Waals surface area contributed by atoms with Crippen LogP contribution in [-0.4, -0.2) is 40.6 Å². The molecule has 1 aliphatic rings. The van der Waals surface area contributed by atoms with E-state index in [1.165, 1.54) is 0 Å². The van der Waals surface area contributed by atoms with Gasteiger partial charge in [0, 0.05) is 30.4 Å². The van der Waals surface area contributed by atoms with Crippen molar-refractivity contribution in [3.63, 3.8) is 0 Å². The topological polar surface area (TPSA) is 61.0 Å². The molecule has 1 saturated heterocycles. The predicted octanol–water partition coefficient (Wildman–Crippen LogP) is 2.58. The Morgan fingerprint density at radius 2 is 2.23 bits per heavy atom. The van der Waals surface area contributed by atoms with Gasteiger partial charge in [-0.1, -0.05) is 23.7 Å². The molecule has 0 radical (unpaired) electrons. The lowest BCUT2D eigenvalue weighted by atomic mass is 10.0. The number of amides is 1. The number of aryl methyl sites for hydroxylation is 1. The lowest BCUT2D eigenvalue weighted by Crippen LogP contribution is -2.48. The number of halogens is 2. The summed E-state index contributed by atoms with van der Waals surface area (Å²) in [5.74, 6) is -0.0502. The maximum atomic E-state index is 12.7. The maximum Gasteiger partial charge on any atom is 0.274 e. The van der Waals surface area contributed by atoms with E-state index in [9.17, 15) is 4.79 Å². The molecule has 2 aromatic rings. The van der Waals surface area contributed by atoms with Crippen LogP contribution >= 0.6 is 24.0 Å². The largest absolute Gasteiger partial charge is 0.328 e. The monoisotopic (exact) mass is 340 g/mol. The van der Waals surface area contributed by atoms with E-state index >= 15 is 0 Å². The van der Waals surface area contributed by atoms with Gasteiger partial charge in [0.2, 0.25) is 0 Å². The number of hydrogen-bond acceptors (Lipinski definition) is 3. The van der Waals surface area contributed by atoms with Crippen molar-refractivity contribution in [1.29, 1.82) is 0 Å². The van der Waals surface area contributed by atoms with Crippen molar-refractivity contribution in [1.82, 2.24) is 20.4 Å². The minimum Gasteiger partial charge on any atom is -0.328 e. The Labute approximate surface area is 140 Å². The summed E-state index contributed by atoms with van der Waals surface area (Å²) in [6.45, 7) is 4.04. The van der Waals surface area contributed by atoms with Crippen LogP contribution in [0.1, 0.15) is 27.8 Å².